The molecule has 0 aliphatic rings. The molecular formula is C26H49NO6S. The first-order valence-electron chi connectivity index (χ1n) is 13.1. The van der Waals surface area contributed by atoms with E-state index in [9.17, 15) is 28.0 Å². The molecule has 34 heavy (non-hydrogen) atoms. The normalized spacial score (nSPS) is 15.1. The number of carbonyl (C=O) groups excluding carboxylic acids is 1. The SMILES string of the molecule is CCCCCC/C=C\CCC(O)C(=O)NC(CS(=O)(=O)O)C(O)/C=C/CCCCCCCCC. The lowest BCUT2D eigenvalue weighted by molar-refractivity contribution is -0.130. The summed E-state index contributed by atoms with van der Waals surface area (Å²) in [6, 6.07) is -1.24. The van der Waals surface area contributed by atoms with Crippen LogP contribution in [0.1, 0.15) is 110 Å². The van der Waals surface area contributed by atoms with Gasteiger partial charge in [-0.05, 0) is 38.5 Å². The van der Waals surface area contributed by atoms with Crippen LogP contribution in [-0.4, -0.2) is 53.1 Å². The van der Waals surface area contributed by atoms with Crippen molar-refractivity contribution in [3.8, 4) is 0 Å². The second kappa shape index (κ2) is 21.1. The Morgan fingerprint density at radius 3 is 1.88 bits per heavy atom. The van der Waals surface area contributed by atoms with Crippen LogP contribution < -0.4 is 5.32 Å². The number of aliphatic hydroxyl groups is 2. The van der Waals surface area contributed by atoms with E-state index >= 15 is 0 Å². The van der Waals surface area contributed by atoms with Gasteiger partial charge in [0.25, 0.3) is 10.1 Å². The topological polar surface area (TPSA) is 124 Å². The fraction of sp³-hybridized carbons (Fsp3) is 0.808. The summed E-state index contributed by atoms with van der Waals surface area (Å²) in [6.07, 6.45) is 19.9. The molecule has 4 N–H and O–H groups in total. The molecule has 0 spiro atoms. The van der Waals surface area contributed by atoms with Crippen molar-refractivity contribution in [3.63, 3.8) is 0 Å². The molecule has 0 bridgehead atoms. The number of nitrogens with one attached hydrogen (secondary N) is 1. The van der Waals surface area contributed by atoms with E-state index in [1.165, 1.54) is 57.4 Å². The summed E-state index contributed by atoms with van der Waals surface area (Å²) in [6.45, 7) is 4.35. The molecule has 0 aliphatic heterocycles. The Balaban J connectivity index is 4.47. The van der Waals surface area contributed by atoms with Crippen LogP contribution >= 0.6 is 0 Å². The lowest BCUT2D eigenvalue weighted by Crippen LogP contribution is -2.50. The van der Waals surface area contributed by atoms with Crippen LogP contribution in [0.4, 0.5) is 0 Å². The molecule has 1 amide bonds. The summed E-state index contributed by atoms with van der Waals surface area (Å²) in [5, 5.41) is 22.9. The van der Waals surface area contributed by atoms with Gasteiger partial charge in [0.1, 0.15) is 6.10 Å². The van der Waals surface area contributed by atoms with E-state index < -0.39 is 40.0 Å². The minimum absolute atomic E-state index is 0.195. The Labute approximate surface area is 207 Å². The van der Waals surface area contributed by atoms with Crippen LogP contribution in [0.15, 0.2) is 24.3 Å². The van der Waals surface area contributed by atoms with Gasteiger partial charge in [-0.1, -0.05) is 95.9 Å². The molecule has 0 rings (SSSR count). The number of hydrogen-bond donors (Lipinski definition) is 4. The number of amides is 1. The standard InChI is InChI=1S/C26H49NO6S/c1-3-5-7-9-11-13-15-16-18-20-24(28)23(22-34(31,32)33)27-26(30)25(29)21-19-17-14-12-10-8-6-4-2/h14,17-18,20,23-25,28-29H,3-13,15-16,19,21-22H2,1-2H3,(H,27,30)(H,31,32,33)/b17-14-,20-18+. The van der Waals surface area contributed by atoms with Crippen molar-refractivity contribution in [2.45, 2.75) is 128 Å². The van der Waals surface area contributed by atoms with Crippen molar-refractivity contribution in [1.29, 1.82) is 0 Å². The van der Waals surface area contributed by atoms with Gasteiger partial charge in [0, 0.05) is 0 Å². The van der Waals surface area contributed by atoms with Crippen LogP contribution in [0.2, 0.25) is 0 Å². The number of carbonyl (C=O) groups is 1. The van der Waals surface area contributed by atoms with Crippen LogP contribution in [0.5, 0.6) is 0 Å². The van der Waals surface area contributed by atoms with Gasteiger partial charge in [0.2, 0.25) is 5.91 Å². The van der Waals surface area contributed by atoms with Crippen molar-refractivity contribution < 1.29 is 28.0 Å². The average molecular weight is 504 g/mol. The summed E-state index contributed by atoms with van der Waals surface area (Å²) in [5.41, 5.74) is 0. The molecule has 0 fully saturated rings. The Bertz CT molecular complexity index is 662. The van der Waals surface area contributed by atoms with E-state index in [-0.39, 0.29) is 6.42 Å². The van der Waals surface area contributed by atoms with E-state index in [1.807, 2.05) is 12.2 Å². The molecule has 0 aromatic rings. The highest BCUT2D eigenvalue weighted by Crippen LogP contribution is 2.10. The van der Waals surface area contributed by atoms with Crippen LogP contribution in [-0.2, 0) is 14.9 Å². The van der Waals surface area contributed by atoms with E-state index in [0.29, 0.717) is 6.42 Å². The number of hydrogen-bond acceptors (Lipinski definition) is 5. The molecule has 0 heterocycles. The smallest absolute Gasteiger partial charge is 0.267 e. The quantitative estimate of drug-likeness (QED) is 0.0927. The summed E-state index contributed by atoms with van der Waals surface area (Å²) in [7, 11) is -4.43. The Morgan fingerprint density at radius 1 is 0.794 bits per heavy atom. The lowest BCUT2D eigenvalue weighted by Gasteiger charge is -2.22. The lowest BCUT2D eigenvalue weighted by atomic mass is 10.1. The summed E-state index contributed by atoms with van der Waals surface area (Å²) in [5.74, 6) is -1.59. The molecule has 0 aromatic heterocycles. The zero-order chi connectivity index (χ0) is 25.7. The van der Waals surface area contributed by atoms with Gasteiger partial charge in [0.15, 0.2) is 0 Å². The molecule has 0 aromatic carbocycles. The minimum atomic E-state index is -4.43. The van der Waals surface area contributed by atoms with Crippen molar-refractivity contribution in [2.24, 2.45) is 0 Å². The number of allylic oxidation sites excluding steroid dienone is 3. The highest BCUT2D eigenvalue weighted by molar-refractivity contribution is 7.85. The van der Waals surface area contributed by atoms with Crippen LogP contribution in [0.3, 0.4) is 0 Å². The van der Waals surface area contributed by atoms with Crippen molar-refractivity contribution >= 4 is 16.0 Å². The number of rotatable bonds is 22. The predicted molar refractivity (Wildman–Crippen MR) is 139 cm³/mol. The molecule has 8 heteroatoms. The monoisotopic (exact) mass is 503 g/mol. The number of unbranched alkanes of at least 4 members (excludes halogenated alkanes) is 11. The van der Waals surface area contributed by atoms with Gasteiger partial charge in [-0.15, -0.1) is 0 Å². The van der Waals surface area contributed by atoms with Crippen molar-refractivity contribution in [1.82, 2.24) is 5.32 Å². The maximum atomic E-state index is 12.3. The second-order valence-corrected chi connectivity index (χ2v) is 10.6. The zero-order valence-electron chi connectivity index (χ0n) is 21.3. The van der Waals surface area contributed by atoms with Gasteiger partial charge in [-0.25, -0.2) is 0 Å². The molecule has 3 atom stereocenters. The third kappa shape index (κ3) is 20.2. The summed E-state index contributed by atoms with van der Waals surface area (Å²) in [4.78, 5) is 12.3. The van der Waals surface area contributed by atoms with E-state index in [2.05, 4.69) is 19.2 Å². The van der Waals surface area contributed by atoms with E-state index in [0.717, 1.165) is 32.1 Å². The van der Waals surface area contributed by atoms with Crippen LogP contribution in [0, 0.1) is 0 Å². The molecule has 0 aliphatic carbocycles. The van der Waals surface area contributed by atoms with Crippen LogP contribution in [0.25, 0.3) is 0 Å². The average Bonchev–Trinajstić information content (AvgIpc) is 2.78. The molecule has 0 saturated heterocycles. The maximum absolute atomic E-state index is 12.3. The van der Waals surface area contributed by atoms with Crippen molar-refractivity contribution in [2.75, 3.05) is 5.75 Å². The first kappa shape index (κ1) is 32.8. The summed E-state index contributed by atoms with van der Waals surface area (Å²) >= 11 is 0. The Hall–Kier alpha value is -1.22. The minimum Gasteiger partial charge on any atom is -0.387 e. The van der Waals surface area contributed by atoms with Gasteiger partial charge >= 0.3 is 0 Å². The van der Waals surface area contributed by atoms with Crippen molar-refractivity contribution in [3.05, 3.63) is 24.3 Å². The van der Waals surface area contributed by atoms with Gasteiger partial charge in [-0.2, -0.15) is 8.42 Å². The highest BCUT2D eigenvalue weighted by atomic mass is 32.2. The van der Waals surface area contributed by atoms with E-state index in [1.54, 1.807) is 6.08 Å². The molecule has 200 valence electrons. The highest BCUT2D eigenvalue weighted by Gasteiger charge is 2.27. The third-order valence-electron chi connectivity index (χ3n) is 5.74. The van der Waals surface area contributed by atoms with Gasteiger partial charge in [0.05, 0.1) is 17.9 Å². The molecule has 3 unspecified atom stereocenters. The number of aliphatic hydroxyl groups excluding tert-OH is 2. The fourth-order valence-electron chi connectivity index (χ4n) is 3.63. The van der Waals surface area contributed by atoms with Gasteiger partial charge in [-0.3, -0.25) is 9.35 Å². The summed E-state index contributed by atoms with van der Waals surface area (Å²) < 4.78 is 31.9. The predicted octanol–water partition coefficient (Wildman–Crippen LogP) is 5.08. The second-order valence-electron chi connectivity index (χ2n) is 9.11. The Morgan fingerprint density at radius 2 is 1.29 bits per heavy atom. The van der Waals surface area contributed by atoms with Gasteiger partial charge < -0.3 is 15.5 Å². The molecule has 7 nitrogen and oxygen atoms in total. The first-order valence-corrected chi connectivity index (χ1v) is 14.8. The zero-order valence-corrected chi connectivity index (χ0v) is 22.1. The maximum Gasteiger partial charge on any atom is 0.267 e. The Kier molecular flexibility index (Phi) is 20.3. The third-order valence-corrected chi connectivity index (χ3v) is 6.52. The van der Waals surface area contributed by atoms with E-state index in [4.69, 9.17) is 0 Å². The molecular weight excluding hydrogens is 454 g/mol. The molecule has 0 radical (unpaired) electrons. The molecule has 0 saturated carbocycles. The first-order chi connectivity index (χ1) is 16.2. The fourth-order valence-corrected chi connectivity index (χ4v) is 4.36. The largest absolute Gasteiger partial charge is 0.387 e.